The van der Waals surface area contributed by atoms with E-state index >= 15 is 0 Å². The maximum absolute atomic E-state index is 11.7. The van der Waals surface area contributed by atoms with Crippen molar-refractivity contribution in [3.05, 3.63) is 40.9 Å². The van der Waals surface area contributed by atoms with E-state index in [0.29, 0.717) is 17.5 Å². The Balaban J connectivity index is 1.73. The molecule has 1 aromatic rings. The van der Waals surface area contributed by atoms with Gasteiger partial charge in [0.2, 0.25) is 5.91 Å². The first kappa shape index (κ1) is 15.1. The fraction of sp³-hybridized carbons (Fsp3) is 0.438. The predicted molar refractivity (Wildman–Crippen MR) is 81.5 cm³/mol. The minimum atomic E-state index is -0.147. The van der Waals surface area contributed by atoms with Gasteiger partial charge in [0.25, 0.3) is 0 Å². The zero-order chi connectivity index (χ0) is 14.4. The normalized spacial score (nSPS) is 22.9. The van der Waals surface area contributed by atoms with E-state index < -0.39 is 0 Å². The quantitative estimate of drug-likeness (QED) is 0.839. The van der Waals surface area contributed by atoms with Crippen LogP contribution in [0.5, 0.6) is 0 Å². The molecular formula is C16H20ClNO2. The molecule has 1 amide bonds. The number of carbonyl (C=O) groups is 1. The van der Waals surface area contributed by atoms with Gasteiger partial charge in [-0.05, 0) is 55.4 Å². The van der Waals surface area contributed by atoms with Gasteiger partial charge in [0.15, 0.2) is 0 Å². The summed E-state index contributed by atoms with van der Waals surface area (Å²) in [4.78, 5) is 11.7. The van der Waals surface area contributed by atoms with E-state index in [4.69, 9.17) is 11.6 Å². The van der Waals surface area contributed by atoms with Crippen LogP contribution in [0.4, 0.5) is 0 Å². The van der Waals surface area contributed by atoms with Crippen molar-refractivity contribution in [3.63, 3.8) is 0 Å². The number of aliphatic hydroxyl groups excluding tert-OH is 1. The van der Waals surface area contributed by atoms with Crippen LogP contribution < -0.4 is 5.32 Å². The lowest BCUT2D eigenvalue weighted by Gasteiger charge is -2.25. The molecule has 1 aliphatic carbocycles. The number of hydrogen-bond donors (Lipinski definition) is 2. The van der Waals surface area contributed by atoms with E-state index in [9.17, 15) is 9.90 Å². The molecule has 0 aliphatic heterocycles. The third kappa shape index (κ3) is 4.99. The number of amides is 1. The van der Waals surface area contributed by atoms with Crippen molar-refractivity contribution < 1.29 is 9.90 Å². The molecule has 0 spiro atoms. The Hall–Kier alpha value is -1.32. The summed E-state index contributed by atoms with van der Waals surface area (Å²) in [6, 6.07) is 7.34. The molecule has 2 rings (SSSR count). The molecule has 108 valence electrons. The van der Waals surface area contributed by atoms with Gasteiger partial charge < -0.3 is 10.4 Å². The van der Waals surface area contributed by atoms with Gasteiger partial charge in [0.1, 0.15) is 0 Å². The standard InChI is InChI=1S/C16H20ClNO2/c17-14-6-1-12(2-7-14)5-10-16(20)18-11-13-3-8-15(19)9-4-13/h1-2,5-7,10,13,15,19H,3-4,8-9,11H2,(H,18,20)/b10-5+. The summed E-state index contributed by atoms with van der Waals surface area (Å²) in [5.74, 6) is 0.414. The van der Waals surface area contributed by atoms with Crippen LogP contribution in [-0.2, 0) is 4.79 Å². The Morgan fingerprint density at radius 1 is 1.25 bits per heavy atom. The van der Waals surface area contributed by atoms with Crippen LogP contribution in [0.25, 0.3) is 6.08 Å². The minimum absolute atomic E-state index is 0.0777. The molecule has 1 saturated carbocycles. The van der Waals surface area contributed by atoms with Crippen LogP contribution >= 0.6 is 11.6 Å². The van der Waals surface area contributed by atoms with E-state index in [2.05, 4.69) is 5.32 Å². The highest BCUT2D eigenvalue weighted by Crippen LogP contribution is 2.23. The number of benzene rings is 1. The van der Waals surface area contributed by atoms with Crippen molar-refractivity contribution in [2.75, 3.05) is 6.54 Å². The molecule has 0 atom stereocenters. The summed E-state index contributed by atoms with van der Waals surface area (Å²) in [6.45, 7) is 0.691. The molecule has 4 heteroatoms. The molecule has 20 heavy (non-hydrogen) atoms. The second-order valence-corrected chi connectivity index (χ2v) is 5.74. The van der Waals surface area contributed by atoms with Gasteiger partial charge in [0.05, 0.1) is 6.10 Å². The monoisotopic (exact) mass is 293 g/mol. The molecule has 2 N–H and O–H groups in total. The Labute approximate surface area is 124 Å². The maximum Gasteiger partial charge on any atom is 0.244 e. The lowest BCUT2D eigenvalue weighted by molar-refractivity contribution is -0.116. The van der Waals surface area contributed by atoms with E-state index in [-0.39, 0.29) is 12.0 Å². The van der Waals surface area contributed by atoms with Crippen molar-refractivity contribution in [2.45, 2.75) is 31.8 Å². The zero-order valence-electron chi connectivity index (χ0n) is 11.4. The molecule has 0 aromatic heterocycles. The van der Waals surface area contributed by atoms with Crippen molar-refractivity contribution in [1.82, 2.24) is 5.32 Å². The molecule has 0 heterocycles. The first-order valence-corrected chi connectivity index (χ1v) is 7.41. The van der Waals surface area contributed by atoms with Crippen LogP contribution in [0, 0.1) is 5.92 Å². The molecule has 3 nitrogen and oxygen atoms in total. The predicted octanol–water partition coefficient (Wildman–Crippen LogP) is 3.02. The number of hydrogen-bond acceptors (Lipinski definition) is 2. The lowest BCUT2D eigenvalue weighted by Crippen LogP contribution is -2.31. The number of carbonyl (C=O) groups excluding carboxylic acids is 1. The van der Waals surface area contributed by atoms with Gasteiger partial charge in [-0.3, -0.25) is 4.79 Å². The van der Waals surface area contributed by atoms with E-state index in [1.54, 1.807) is 24.3 Å². The highest BCUT2D eigenvalue weighted by Gasteiger charge is 2.19. The Kier molecular flexibility index (Phi) is 5.62. The fourth-order valence-electron chi connectivity index (χ4n) is 2.40. The number of aliphatic hydroxyl groups is 1. The van der Waals surface area contributed by atoms with Crippen molar-refractivity contribution in [3.8, 4) is 0 Å². The van der Waals surface area contributed by atoms with Gasteiger partial charge in [-0.2, -0.15) is 0 Å². The first-order valence-electron chi connectivity index (χ1n) is 7.03. The molecule has 0 unspecified atom stereocenters. The molecule has 0 radical (unpaired) electrons. The first-order chi connectivity index (χ1) is 9.63. The summed E-state index contributed by atoms with van der Waals surface area (Å²) < 4.78 is 0. The second kappa shape index (κ2) is 7.46. The van der Waals surface area contributed by atoms with Gasteiger partial charge in [-0.25, -0.2) is 0 Å². The average molecular weight is 294 g/mol. The van der Waals surface area contributed by atoms with Gasteiger partial charge in [0, 0.05) is 17.6 Å². The molecule has 0 bridgehead atoms. The highest BCUT2D eigenvalue weighted by atomic mass is 35.5. The number of halogens is 1. The van der Waals surface area contributed by atoms with Crippen LogP contribution in [0.2, 0.25) is 5.02 Å². The van der Waals surface area contributed by atoms with Crippen LogP contribution in [-0.4, -0.2) is 23.7 Å². The summed E-state index contributed by atoms with van der Waals surface area (Å²) in [5.41, 5.74) is 0.949. The zero-order valence-corrected chi connectivity index (χ0v) is 12.1. The average Bonchev–Trinajstić information content (AvgIpc) is 2.46. The Bertz CT molecular complexity index is 462. The van der Waals surface area contributed by atoms with E-state index in [0.717, 1.165) is 31.2 Å². The maximum atomic E-state index is 11.7. The Morgan fingerprint density at radius 3 is 2.55 bits per heavy atom. The largest absolute Gasteiger partial charge is 0.393 e. The van der Waals surface area contributed by atoms with Crippen molar-refractivity contribution in [1.29, 1.82) is 0 Å². The fourth-order valence-corrected chi connectivity index (χ4v) is 2.52. The topological polar surface area (TPSA) is 49.3 Å². The lowest BCUT2D eigenvalue weighted by atomic mass is 9.87. The molecular weight excluding hydrogens is 274 g/mol. The smallest absolute Gasteiger partial charge is 0.244 e. The van der Waals surface area contributed by atoms with Crippen molar-refractivity contribution >= 4 is 23.6 Å². The van der Waals surface area contributed by atoms with Gasteiger partial charge in [-0.1, -0.05) is 23.7 Å². The van der Waals surface area contributed by atoms with E-state index in [1.807, 2.05) is 12.1 Å². The molecule has 0 saturated heterocycles. The summed E-state index contributed by atoms with van der Waals surface area (Å²) in [7, 11) is 0. The minimum Gasteiger partial charge on any atom is -0.393 e. The third-order valence-electron chi connectivity index (χ3n) is 3.68. The molecule has 1 aromatic carbocycles. The highest BCUT2D eigenvalue weighted by molar-refractivity contribution is 6.30. The van der Waals surface area contributed by atoms with Crippen LogP contribution in [0.1, 0.15) is 31.2 Å². The molecule has 1 fully saturated rings. The Morgan fingerprint density at radius 2 is 1.90 bits per heavy atom. The summed E-state index contributed by atoms with van der Waals surface area (Å²) in [5, 5.41) is 13.0. The number of nitrogens with one attached hydrogen (secondary N) is 1. The summed E-state index contributed by atoms with van der Waals surface area (Å²) in [6.07, 6.45) is 6.84. The number of rotatable bonds is 4. The van der Waals surface area contributed by atoms with Crippen LogP contribution in [0.3, 0.4) is 0 Å². The second-order valence-electron chi connectivity index (χ2n) is 5.30. The van der Waals surface area contributed by atoms with E-state index in [1.165, 1.54) is 0 Å². The van der Waals surface area contributed by atoms with Gasteiger partial charge in [-0.15, -0.1) is 0 Å². The van der Waals surface area contributed by atoms with Crippen molar-refractivity contribution in [2.24, 2.45) is 5.92 Å². The van der Waals surface area contributed by atoms with Gasteiger partial charge >= 0.3 is 0 Å². The SMILES string of the molecule is O=C(/C=C/c1ccc(Cl)cc1)NCC1CCC(O)CC1. The molecule has 1 aliphatic rings. The van der Waals surface area contributed by atoms with Crippen LogP contribution in [0.15, 0.2) is 30.3 Å². The third-order valence-corrected chi connectivity index (χ3v) is 3.93. The summed E-state index contributed by atoms with van der Waals surface area (Å²) >= 11 is 5.80.